The van der Waals surface area contributed by atoms with Crippen LogP contribution in [0.4, 0.5) is 4.39 Å². The van der Waals surface area contributed by atoms with Crippen LogP contribution in [0, 0.1) is 5.82 Å². The Morgan fingerprint density at radius 2 is 2.07 bits per heavy atom. The highest BCUT2D eigenvalue weighted by atomic mass is 19.1. The summed E-state index contributed by atoms with van der Waals surface area (Å²) in [4.78, 5) is 11.3. The molecule has 0 radical (unpaired) electrons. The first kappa shape index (κ1) is 16.6. The molecule has 27 heavy (non-hydrogen) atoms. The number of hydrogen-bond acceptors (Lipinski definition) is 4. The second kappa shape index (κ2) is 6.55. The summed E-state index contributed by atoms with van der Waals surface area (Å²) in [5.41, 5.74) is 2.67. The van der Waals surface area contributed by atoms with Crippen molar-refractivity contribution in [3.63, 3.8) is 0 Å². The first-order chi connectivity index (χ1) is 13.2. The van der Waals surface area contributed by atoms with E-state index in [0.29, 0.717) is 6.61 Å². The highest BCUT2D eigenvalue weighted by Gasteiger charge is 2.43. The van der Waals surface area contributed by atoms with E-state index < -0.39 is 0 Å². The van der Waals surface area contributed by atoms with E-state index in [9.17, 15) is 4.39 Å². The lowest BCUT2D eigenvalue weighted by molar-refractivity contribution is -0.0821. The Labute approximate surface area is 157 Å². The molecule has 4 heterocycles. The van der Waals surface area contributed by atoms with Crippen LogP contribution in [0.2, 0.25) is 0 Å². The normalized spacial score (nSPS) is 22.3. The zero-order valence-electron chi connectivity index (χ0n) is 15.0. The summed E-state index contributed by atoms with van der Waals surface area (Å²) in [5, 5.41) is 0. The molecular formula is C21H21FN4O. The van der Waals surface area contributed by atoms with Crippen LogP contribution in [0.15, 0.2) is 54.9 Å². The molecule has 1 fully saturated rings. The van der Waals surface area contributed by atoms with Gasteiger partial charge in [0.1, 0.15) is 23.8 Å². The summed E-state index contributed by atoms with van der Waals surface area (Å²) in [7, 11) is 0. The molecular weight excluding hydrogens is 343 g/mol. The third-order valence-electron chi connectivity index (χ3n) is 5.52. The Balaban J connectivity index is 1.37. The summed E-state index contributed by atoms with van der Waals surface area (Å²) in [5.74, 6) is 0.676. The molecule has 1 atom stereocenters. The van der Waals surface area contributed by atoms with Gasteiger partial charge in [-0.1, -0.05) is 18.2 Å². The van der Waals surface area contributed by atoms with Gasteiger partial charge in [-0.2, -0.15) is 0 Å². The summed E-state index contributed by atoms with van der Waals surface area (Å²) >= 11 is 0. The van der Waals surface area contributed by atoms with E-state index in [1.54, 1.807) is 12.1 Å². The van der Waals surface area contributed by atoms with Gasteiger partial charge in [-0.25, -0.2) is 9.37 Å². The van der Waals surface area contributed by atoms with Gasteiger partial charge in [0.25, 0.3) is 0 Å². The van der Waals surface area contributed by atoms with Gasteiger partial charge in [0, 0.05) is 31.4 Å². The Bertz CT molecular complexity index is 958. The number of rotatable bonds is 3. The first-order valence-corrected chi connectivity index (χ1v) is 9.27. The molecule has 0 N–H and O–H groups in total. The third kappa shape index (κ3) is 3.15. The smallest absolute Gasteiger partial charge is 0.135 e. The van der Waals surface area contributed by atoms with E-state index in [0.717, 1.165) is 55.4 Å². The predicted molar refractivity (Wildman–Crippen MR) is 99.3 cm³/mol. The van der Waals surface area contributed by atoms with E-state index in [1.807, 2.05) is 30.6 Å². The third-order valence-corrected chi connectivity index (χ3v) is 5.52. The Hall–Kier alpha value is -2.57. The Morgan fingerprint density at radius 3 is 2.93 bits per heavy atom. The van der Waals surface area contributed by atoms with E-state index in [-0.39, 0.29) is 11.4 Å². The standard InChI is InChI=1S/C21H21FN4O/c22-17-5-3-4-16(10-17)19-11-24-20-13-27-21(15-26(19)20)7-9-25(14-21)12-18-6-1-2-8-23-18/h1-6,8,10-11H,7,9,12-15H2/t21-/m1/s1. The monoisotopic (exact) mass is 364 g/mol. The fraction of sp³-hybridized carbons (Fsp3) is 0.333. The fourth-order valence-electron chi connectivity index (χ4n) is 4.17. The molecule has 0 amide bonds. The number of likely N-dealkylation sites (tertiary alicyclic amines) is 1. The molecule has 2 aliphatic heterocycles. The maximum absolute atomic E-state index is 13.7. The van der Waals surface area contributed by atoms with Crippen LogP contribution in [0.1, 0.15) is 17.9 Å². The van der Waals surface area contributed by atoms with Crippen LogP contribution >= 0.6 is 0 Å². The minimum absolute atomic E-state index is 0.218. The van der Waals surface area contributed by atoms with Gasteiger partial charge in [-0.3, -0.25) is 9.88 Å². The van der Waals surface area contributed by atoms with Crippen molar-refractivity contribution in [2.45, 2.75) is 31.7 Å². The van der Waals surface area contributed by atoms with Crippen LogP contribution in [-0.2, 0) is 24.4 Å². The quantitative estimate of drug-likeness (QED) is 0.716. The molecule has 2 aromatic heterocycles. The molecule has 3 aromatic rings. The highest BCUT2D eigenvalue weighted by Crippen LogP contribution is 2.35. The molecule has 1 spiro atoms. The van der Waals surface area contributed by atoms with Gasteiger partial charge < -0.3 is 9.30 Å². The summed E-state index contributed by atoms with van der Waals surface area (Å²) < 4.78 is 22.1. The van der Waals surface area contributed by atoms with Crippen LogP contribution in [0.25, 0.3) is 11.3 Å². The number of fused-ring (bicyclic) bond motifs is 1. The van der Waals surface area contributed by atoms with Gasteiger partial charge in [-0.15, -0.1) is 0 Å². The van der Waals surface area contributed by atoms with Crippen molar-refractivity contribution >= 4 is 0 Å². The van der Waals surface area contributed by atoms with Crippen LogP contribution in [-0.4, -0.2) is 38.1 Å². The van der Waals surface area contributed by atoms with E-state index >= 15 is 0 Å². The molecule has 5 rings (SSSR count). The molecule has 138 valence electrons. The first-order valence-electron chi connectivity index (χ1n) is 9.27. The minimum Gasteiger partial charge on any atom is -0.364 e. The maximum Gasteiger partial charge on any atom is 0.135 e. The number of benzene rings is 1. The topological polar surface area (TPSA) is 43.2 Å². The predicted octanol–water partition coefficient (Wildman–Crippen LogP) is 3.26. The van der Waals surface area contributed by atoms with E-state index in [4.69, 9.17) is 4.74 Å². The Morgan fingerprint density at radius 1 is 1.11 bits per heavy atom. The van der Waals surface area contributed by atoms with Crippen molar-refractivity contribution in [3.8, 4) is 11.3 Å². The lowest BCUT2D eigenvalue weighted by Gasteiger charge is -2.35. The van der Waals surface area contributed by atoms with E-state index in [1.165, 1.54) is 6.07 Å². The number of aromatic nitrogens is 3. The average molecular weight is 364 g/mol. The number of halogens is 1. The fourth-order valence-corrected chi connectivity index (χ4v) is 4.17. The Kier molecular flexibility index (Phi) is 4.02. The SMILES string of the molecule is Fc1cccc(-c2cnc3n2C[C@]2(CCN(Cc4ccccn4)C2)OC3)c1. The number of ether oxygens (including phenoxy) is 1. The number of imidazole rings is 1. The number of hydrogen-bond donors (Lipinski definition) is 0. The minimum atomic E-state index is -0.229. The van der Waals surface area contributed by atoms with Crippen molar-refractivity contribution in [1.82, 2.24) is 19.4 Å². The molecule has 1 aromatic carbocycles. The highest BCUT2D eigenvalue weighted by molar-refractivity contribution is 5.59. The number of pyridine rings is 1. The molecule has 0 saturated carbocycles. The van der Waals surface area contributed by atoms with Crippen molar-refractivity contribution in [2.75, 3.05) is 13.1 Å². The van der Waals surface area contributed by atoms with Crippen molar-refractivity contribution in [1.29, 1.82) is 0 Å². The van der Waals surface area contributed by atoms with Crippen LogP contribution in [0.5, 0.6) is 0 Å². The van der Waals surface area contributed by atoms with Gasteiger partial charge in [0.2, 0.25) is 0 Å². The summed E-state index contributed by atoms with van der Waals surface area (Å²) in [6, 6.07) is 12.7. The summed E-state index contributed by atoms with van der Waals surface area (Å²) in [6.45, 7) is 3.92. The molecule has 0 aliphatic carbocycles. The van der Waals surface area contributed by atoms with Gasteiger partial charge in [0.05, 0.1) is 24.1 Å². The molecule has 2 aliphatic rings. The van der Waals surface area contributed by atoms with Crippen LogP contribution in [0.3, 0.4) is 0 Å². The van der Waals surface area contributed by atoms with Gasteiger partial charge >= 0.3 is 0 Å². The summed E-state index contributed by atoms with van der Waals surface area (Å²) in [6.07, 6.45) is 4.63. The average Bonchev–Trinajstić information content (AvgIpc) is 3.27. The van der Waals surface area contributed by atoms with Gasteiger partial charge in [0.15, 0.2) is 0 Å². The van der Waals surface area contributed by atoms with Crippen molar-refractivity contribution < 1.29 is 9.13 Å². The van der Waals surface area contributed by atoms with Gasteiger partial charge in [-0.05, 0) is 30.7 Å². The maximum atomic E-state index is 13.7. The lowest BCUT2D eigenvalue weighted by atomic mass is 10.0. The largest absolute Gasteiger partial charge is 0.364 e. The molecule has 0 unspecified atom stereocenters. The lowest BCUT2D eigenvalue weighted by Crippen LogP contribution is -2.44. The molecule has 6 heteroatoms. The van der Waals surface area contributed by atoms with Crippen LogP contribution < -0.4 is 0 Å². The molecule has 1 saturated heterocycles. The van der Waals surface area contributed by atoms with E-state index in [2.05, 4.69) is 25.5 Å². The number of nitrogens with zero attached hydrogens (tertiary/aromatic N) is 4. The zero-order chi connectivity index (χ0) is 18.3. The molecule has 5 nitrogen and oxygen atoms in total. The van der Waals surface area contributed by atoms with Crippen molar-refractivity contribution in [2.24, 2.45) is 0 Å². The second-order valence-electron chi connectivity index (χ2n) is 7.41. The van der Waals surface area contributed by atoms with Crippen molar-refractivity contribution in [3.05, 3.63) is 72.2 Å². The molecule has 0 bridgehead atoms. The zero-order valence-corrected chi connectivity index (χ0v) is 15.0. The second-order valence-corrected chi connectivity index (χ2v) is 7.41.